The average Bonchev–Trinajstić information content (AvgIpc) is 3.44. The van der Waals surface area contributed by atoms with E-state index in [2.05, 4.69) is 4.98 Å². The average molecular weight is 521 g/mol. The van der Waals surface area contributed by atoms with Gasteiger partial charge in [-0.2, -0.15) is 4.89 Å². The summed E-state index contributed by atoms with van der Waals surface area (Å²) < 4.78 is 26.2. The molecule has 0 saturated heterocycles. The molecule has 1 aromatic heterocycles. The summed E-state index contributed by atoms with van der Waals surface area (Å²) in [6.07, 6.45) is 1.20. The van der Waals surface area contributed by atoms with Crippen LogP contribution in [-0.2, 0) is 21.5 Å². The van der Waals surface area contributed by atoms with Gasteiger partial charge in [-0.15, -0.1) is 0 Å². The first-order chi connectivity index (χ1) is 17.7. The van der Waals surface area contributed by atoms with Crippen LogP contribution in [-0.4, -0.2) is 62.6 Å². The lowest BCUT2D eigenvalue weighted by molar-refractivity contribution is -0.194. The number of aromatic nitrogens is 1. The number of sulfonamides is 1. The third kappa shape index (κ3) is 5.17. The lowest BCUT2D eigenvalue weighted by Crippen LogP contribution is -2.35. The zero-order valence-corrected chi connectivity index (χ0v) is 21.6. The molecular weight excluding hydrogens is 492 g/mol. The molecule has 0 amide bonds. The number of hydrogen-bond donors (Lipinski definition) is 2. The van der Waals surface area contributed by atoms with E-state index in [-0.39, 0.29) is 5.88 Å². The second kappa shape index (κ2) is 9.89. The van der Waals surface area contributed by atoms with Crippen molar-refractivity contribution in [1.29, 1.82) is 0 Å². The molecule has 2 N–H and O–H groups in total. The first-order valence-corrected chi connectivity index (χ1v) is 13.6. The van der Waals surface area contributed by atoms with Gasteiger partial charge in [0.15, 0.2) is 11.6 Å². The molecule has 37 heavy (non-hydrogen) atoms. The second-order valence-electron chi connectivity index (χ2n) is 9.18. The molecule has 0 unspecified atom stereocenters. The largest absolute Gasteiger partial charge is 0.494 e. The van der Waals surface area contributed by atoms with E-state index < -0.39 is 10.0 Å². The van der Waals surface area contributed by atoms with Crippen molar-refractivity contribution in [2.24, 2.45) is 4.99 Å². The van der Waals surface area contributed by atoms with E-state index in [1.807, 2.05) is 61.5 Å². The summed E-state index contributed by atoms with van der Waals surface area (Å²) in [5.41, 5.74) is 4.70. The molecule has 0 spiro atoms. The first-order valence-electron chi connectivity index (χ1n) is 11.7. The van der Waals surface area contributed by atoms with Crippen molar-refractivity contribution in [2.45, 2.75) is 6.61 Å². The van der Waals surface area contributed by atoms with Crippen molar-refractivity contribution in [3.8, 4) is 11.6 Å². The fourth-order valence-electron chi connectivity index (χ4n) is 4.30. The van der Waals surface area contributed by atoms with Crippen LogP contribution in [0.4, 0.5) is 11.4 Å². The zero-order chi connectivity index (χ0) is 26.2. The van der Waals surface area contributed by atoms with Crippen LogP contribution in [0.25, 0.3) is 10.9 Å². The molecule has 5 rings (SSSR count). The molecule has 3 aromatic carbocycles. The van der Waals surface area contributed by atoms with E-state index in [0.29, 0.717) is 48.1 Å². The van der Waals surface area contributed by atoms with Crippen LogP contribution in [0.1, 0.15) is 16.7 Å². The van der Waals surface area contributed by atoms with Gasteiger partial charge in [-0.3, -0.25) is 4.31 Å². The van der Waals surface area contributed by atoms with Crippen LogP contribution in [0, 0.1) is 0 Å². The molecule has 1 aliphatic heterocycles. The third-order valence-corrected chi connectivity index (χ3v) is 7.33. The van der Waals surface area contributed by atoms with E-state index in [0.717, 1.165) is 22.0 Å². The third-order valence-electron chi connectivity index (χ3n) is 6.14. The Morgan fingerprint density at radius 1 is 1.05 bits per heavy atom. The van der Waals surface area contributed by atoms with Gasteiger partial charge in [-0.25, -0.2) is 13.4 Å². The van der Waals surface area contributed by atoms with Crippen LogP contribution >= 0.6 is 0 Å². The fourth-order valence-corrected chi connectivity index (χ4v) is 5.22. The number of hydrogen-bond acceptors (Lipinski definition) is 7. The molecule has 0 saturated carbocycles. The number of likely N-dealkylation sites (N-methyl/N-ethyl adjacent to an activating group) is 1. The predicted molar refractivity (Wildman–Crippen MR) is 144 cm³/mol. The standard InChI is InChI=1S/C27H28N4O5S/c1-30(2)13-14-31(37(3,33)34)21-11-9-20(10-12-21)28-26(18-7-5-4-6-8-18)25-22-16-24-19(17-35-36-24)15-23(22)29-27(25)32/h4-12,15-16,29,32H,13-14,17H2,1-3H3. The van der Waals surface area contributed by atoms with Gasteiger partial charge in [-0.05, 0) is 50.5 Å². The minimum absolute atomic E-state index is 0.00856. The second-order valence-corrected chi connectivity index (χ2v) is 11.1. The van der Waals surface area contributed by atoms with Gasteiger partial charge < -0.3 is 19.9 Å². The number of aliphatic imine (C=N–C) groups is 1. The Hall–Kier alpha value is -3.86. The Morgan fingerprint density at radius 3 is 2.46 bits per heavy atom. The lowest BCUT2D eigenvalue weighted by Gasteiger charge is -2.24. The van der Waals surface area contributed by atoms with Gasteiger partial charge in [0.25, 0.3) is 0 Å². The molecule has 10 heteroatoms. The molecule has 0 bridgehead atoms. The summed E-state index contributed by atoms with van der Waals surface area (Å²) in [5, 5.41) is 11.7. The number of rotatable bonds is 8. The van der Waals surface area contributed by atoms with Crippen LogP contribution in [0.5, 0.6) is 11.6 Å². The maximum atomic E-state index is 12.4. The molecule has 9 nitrogen and oxygen atoms in total. The molecule has 0 fully saturated rings. The van der Waals surface area contributed by atoms with Crippen LogP contribution in [0.2, 0.25) is 0 Å². The number of fused-ring (bicyclic) bond motifs is 2. The topological polar surface area (TPSA) is 107 Å². The molecule has 1 aliphatic rings. The van der Waals surface area contributed by atoms with Crippen LogP contribution < -0.4 is 9.19 Å². The molecule has 0 aliphatic carbocycles. The SMILES string of the molecule is CN(C)CCN(c1ccc(N=C(c2ccccc2)c2c(O)[nH]c3cc4c(cc23)OOC4)cc1)S(C)(=O)=O. The highest BCUT2D eigenvalue weighted by atomic mass is 32.2. The Labute approximate surface area is 215 Å². The number of benzene rings is 3. The smallest absolute Gasteiger partial charge is 0.232 e. The van der Waals surface area contributed by atoms with Gasteiger partial charge in [0, 0.05) is 35.1 Å². The van der Waals surface area contributed by atoms with E-state index in [9.17, 15) is 13.5 Å². The first kappa shape index (κ1) is 24.8. The number of H-pyrrole nitrogens is 1. The molecular formula is C27H28N4O5S. The molecule has 0 radical (unpaired) electrons. The van der Waals surface area contributed by atoms with Crippen molar-refractivity contribution in [3.05, 3.63) is 83.4 Å². The van der Waals surface area contributed by atoms with Crippen molar-refractivity contribution < 1.29 is 23.3 Å². The van der Waals surface area contributed by atoms with E-state index in [1.54, 1.807) is 24.3 Å². The number of anilines is 1. The van der Waals surface area contributed by atoms with Gasteiger partial charge in [-0.1, -0.05) is 30.3 Å². The highest BCUT2D eigenvalue weighted by molar-refractivity contribution is 7.92. The van der Waals surface area contributed by atoms with Gasteiger partial charge in [0.2, 0.25) is 10.0 Å². The summed E-state index contributed by atoms with van der Waals surface area (Å²) >= 11 is 0. The lowest BCUT2D eigenvalue weighted by atomic mass is 10.00. The fraction of sp³-hybridized carbons (Fsp3) is 0.222. The number of nitrogens with one attached hydrogen (secondary N) is 1. The van der Waals surface area contributed by atoms with Crippen molar-refractivity contribution in [1.82, 2.24) is 9.88 Å². The predicted octanol–water partition coefficient (Wildman–Crippen LogP) is 4.19. The molecule has 4 aromatic rings. The summed E-state index contributed by atoms with van der Waals surface area (Å²) in [4.78, 5) is 20.3. The van der Waals surface area contributed by atoms with Crippen LogP contribution in [0.15, 0.2) is 71.7 Å². The maximum Gasteiger partial charge on any atom is 0.232 e. The van der Waals surface area contributed by atoms with E-state index in [4.69, 9.17) is 14.8 Å². The number of aromatic amines is 1. The highest BCUT2D eigenvalue weighted by Crippen LogP contribution is 2.37. The van der Waals surface area contributed by atoms with Gasteiger partial charge >= 0.3 is 0 Å². The van der Waals surface area contributed by atoms with Crippen LogP contribution in [0.3, 0.4) is 0 Å². The minimum Gasteiger partial charge on any atom is -0.494 e. The van der Waals surface area contributed by atoms with E-state index in [1.165, 1.54) is 10.6 Å². The molecule has 192 valence electrons. The van der Waals surface area contributed by atoms with Crippen molar-refractivity contribution >= 4 is 38.0 Å². The normalized spacial score (nSPS) is 13.7. The van der Waals surface area contributed by atoms with Gasteiger partial charge in [0.1, 0.15) is 6.61 Å². The Morgan fingerprint density at radius 2 is 1.78 bits per heavy atom. The Kier molecular flexibility index (Phi) is 6.63. The number of nitrogens with zero attached hydrogens (tertiary/aromatic N) is 3. The van der Waals surface area contributed by atoms with Crippen molar-refractivity contribution in [2.75, 3.05) is 37.7 Å². The van der Waals surface area contributed by atoms with E-state index >= 15 is 0 Å². The van der Waals surface area contributed by atoms with Gasteiger partial charge in [0.05, 0.1) is 28.9 Å². The molecule has 2 heterocycles. The molecule has 0 atom stereocenters. The number of aromatic hydroxyl groups is 1. The minimum atomic E-state index is -3.45. The summed E-state index contributed by atoms with van der Waals surface area (Å²) in [6.45, 7) is 1.26. The Balaban J connectivity index is 1.59. The summed E-state index contributed by atoms with van der Waals surface area (Å²) in [5.74, 6) is 0.592. The Bertz CT molecular complexity index is 1560. The quantitative estimate of drug-likeness (QED) is 0.266. The zero-order valence-electron chi connectivity index (χ0n) is 20.8. The monoisotopic (exact) mass is 520 g/mol. The summed E-state index contributed by atoms with van der Waals surface area (Å²) in [6, 6.07) is 20.3. The van der Waals surface area contributed by atoms with Crippen molar-refractivity contribution in [3.63, 3.8) is 0 Å². The maximum absolute atomic E-state index is 12.4. The summed E-state index contributed by atoms with van der Waals surface area (Å²) in [7, 11) is 0.348. The highest BCUT2D eigenvalue weighted by Gasteiger charge is 2.23.